The summed E-state index contributed by atoms with van der Waals surface area (Å²) in [5.74, 6) is -1.85. The Bertz CT molecular complexity index is 945. The molecule has 0 aromatic heterocycles. The average Bonchev–Trinajstić information content (AvgIpc) is 2.77. The van der Waals surface area contributed by atoms with Gasteiger partial charge in [0.25, 0.3) is 0 Å². The van der Waals surface area contributed by atoms with Gasteiger partial charge in [0.15, 0.2) is 9.84 Å². The second-order valence-corrected chi connectivity index (χ2v) is 9.13. The molecular weight excluding hydrogens is 396 g/mol. The van der Waals surface area contributed by atoms with Crippen LogP contribution in [0, 0.1) is 11.6 Å². The van der Waals surface area contributed by atoms with Crippen molar-refractivity contribution in [2.45, 2.75) is 18.1 Å². The van der Waals surface area contributed by atoms with Crippen molar-refractivity contribution in [3.05, 3.63) is 70.2 Å². The molecule has 0 N–H and O–H groups in total. The van der Waals surface area contributed by atoms with Gasteiger partial charge in [-0.25, -0.2) is 17.2 Å². The van der Waals surface area contributed by atoms with Crippen molar-refractivity contribution < 1.29 is 22.0 Å². The highest BCUT2D eigenvalue weighted by Gasteiger charge is 2.34. The van der Waals surface area contributed by atoms with E-state index in [0.717, 1.165) is 0 Å². The van der Waals surface area contributed by atoms with Crippen LogP contribution in [0.15, 0.2) is 42.5 Å². The van der Waals surface area contributed by atoms with E-state index in [1.54, 1.807) is 6.07 Å². The van der Waals surface area contributed by atoms with Gasteiger partial charge in [0.05, 0.1) is 17.4 Å². The Kier molecular flexibility index (Phi) is 5.81. The SMILES string of the molecule is O=C(Cc1c(F)cccc1Cl)N1CCC(c2ccccc2F)S(=O)(=O)CC1. The van der Waals surface area contributed by atoms with Gasteiger partial charge in [-0.3, -0.25) is 4.79 Å². The van der Waals surface area contributed by atoms with Crippen LogP contribution < -0.4 is 0 Å². The van der Waals surface area contributed by atoms with Crippen molar-refractivity contribution in [3.8, 4) is 0 Å². The van der Waals surface area contributed by atoms with Crippen LogP contribution in [0.4, 0.5) is 8.78 Å². The summed E-state index contributed by atoms with van der Waals surface area (Å²) in [4.78, 5) is 14.0. The molecule has 0 bridgehead atoms. The minimum atomic E-state index is -3.63. The molecule has 8 heteroatoms. The molecule has 1 aliphatic rings. The number of carbonyl (C=O) groups excluding carboxylic acids is 1. The molecule has 0 radical (unpaired) electrons. The molecule has 4 nitrogen and oxygen atoms in total. The number of benzene rings is 2. The largest absolute Gasteiger partial charge is 0.341 e. The average molecular weight is 414 g/mol. The molecule has 144 valence electrons. The number of halogens is 3. The second-order valence-electron chi connectivity index (χ2n) is 6.42. The van der Waals surface area contributed by atoms with E-state index in [-0.39, 0.29) is 47.8 Å². The van der Waals surface area contributed by atoms with Gasteiger partial charge in [-0.15, -0.1) is 0 Å². The molecule has 1 amide bonds. The molecule has 1 aliphatic heterocycles. The van der Waals surface area contributed by atoms with Crippen LogP contribution in [-0.4, -0.2) is 38.1 Å². The monoisotopic (exact) mass is 413 g/mol. The first-order valence-electron chi connectivity index (χ1n) is 8.46. The molecule has 0 aliphatic carbocycles. The fourth-order valence-electron chi connectivity index (χ4n) is 3.24. The van der Waals surface area contributed by atoms with E-state index in [0.29, 0.717) is 0 Å². The third kappa shape index (κ3) is 4.30. The fourth-order valence-corrected chi connectivity index (χ4v) is 5.27. The first-order chi connectivity index (χ1) is 12.8. The first-order valence-corrected chi connectivity index (χ1v) is 10.6. The smallest absolute Gasteiger partial charge is 0.227 e. The van der Waals surface area contributed by atoms with E-state index in [2.05, 4.69) is 0 Å². The van der Waals surface area contributed by atoms with Gasteiger partial charge >= 0.3 is 0 Å². The molecule has 2 aromatic carbocycles. The van der Waals surface area contributed by atoms with Gasteiger partial charge in [0.1, 0.15) is 11.6 Å². The number of amides is 1. The minimum Gasteiger partial charge on any atom is -0.341 e. The van der Waals surface area contributed by atoms with Crippen LogP contribution in [-0.2, 0) is 21.1 Å². The molecule has 27 heavy (non-hydrogen) atoms. The second kappa shape index (κ2) is 7.94. The number of nitrogens with zero attached hydrogens (tertiary/aromatic N) is 1. The Morgan fingerprint density at radius 2 is 1.78 bits per heavy atom. The summed E-state index contributed by atoms with van der Waals surface area (Å²) < 4.78 is 53.2. The van der Waals surface area contributed by atoms with Crippen LogP contribution in [0.1, 0.15) is 22.8 Å². The van der Waals surface area contributed by atoms with Gasteiger partial charge in [-0.2, -0.15) is 0 Å². The Morgan fingerprint density at radius 1 is 1.07 bits per heavy atom. The predicted molar refractivity (Wildman–Crippen MR) is 99.2 cm³/mol. The zero-order valence-corrected chi connectivity index (χ0v) is 15.9. The highest BCUT2D eigenvalue weighted by molar-refractivity contribution is 7.91. The molecule has 0 saturated carbocycles. The Balaban J connectivity index is 1.79. The van der Waals surface area contributed by atoms with Gasteiger partial charge in [0, 0.05) is 29.2 Å². The fraction of sp³-hybridized carbons (Fsp3) is 0.316. The van der Waals surface area contributed by atoms with Gasteiger partial charge in [0.2, 0.25) is 5.91 Å². The maximum Gasteiger partial charge on any atom is 0.227 e. The number of hydrogen-bond donors (Lipinski definition) is 0. The van der Waals surface area contributed by atoms with Gasteiger partial charge in [-0.05, 0) is 24.6 Å². The predicted octanol–water partition coefficient (Wildman–Crippen LogP) is 3.55. The van der Waals surface area contributed by atoms with E-state index >= 15 is 0 Å². The first kappa shape index (κ1) is 19.8. The van der Waals surface area contributed by atoms with Crippen molar-refractivity contribution in [1.82, 2.24) is 4.90 Å². The summed E-state index contributed by atoms with van der Waals surface area (Å²) in [6, 6.07) is 9.91. The molecule has 1 fully saturated rings. The number of sulfone groups is 1. The molecular formula is C19H18ClF2NO3S. The van der Waals surface area contributed by atoms with Crippen LogP contribution in [0.5, 0.6) is 0 Å². The summed E-state index contributed by atoms with van der Waals surface area (Å²) in [6.07, 6.45) is -0.171. The lowest BCUT2D eigenvalue weighted by Gasteiger charge is -2.20. The van der Waals surface area contributed by atoms with Crippen LogP contribution in [0.2, 0.25) is 5.02 Å². The summed E-state index contributed by atoms with van der Waals surface area (Å²) in [5, 5.41) is -0.858. The molecule has 1 unspecified atom stereocenters. The summed E-state index contributed by atoms with van der Waals surface area (Å²) in [6.45, 7) is 0.126. The lowest BCUT2D eigenvalue weighted by atomic mass is 10.1. The summed E-state index contributed by atoms with van der Waals surface area (Å²) in [5.41, 5.74) is 0.200. The van der Waals surface area contributed by atoms with Crippen LogP contribution in [0.3, 0.4) is 0 Å². The summed E-state index contributed by atoms with van der Waals surface area (Å²) in [7, 11) is -3.63. The topological polar surface area (TPSA) is 54.5 Å². The number of rotatable bonds is 3. The van der Waals surface area contributed by atoms with Crippen molar-refractivity contribution >= 4 is 27.3 Å². The minimum absolute atomic E-state index is 0.0157. The Labute approximate surface area is 161 Å². The lowest BCUT2D eigenvalue weighted by Crippen LogP contribution is -2.35. The molecule has 2 aromatic rings. The zero-order valence-electron chi connectivity index (χ0n) is 14.4. The van der Waals surface area contributed by atoms with Crippen molar-refractivity contribution in [1.29, 1.82) is 0 Å². The van der Waals surface area contributed by atoms with E-state index < -0.39 is 32.6 Å². The van der Waals surface area contributed by atoms with Crippen LogP contribution >= 0.6 is 11.6 Å². The number of carbonyl (C=O) groups is 1. The molecule has 3 rings (SSSR count). The standard InChI is InChI=1S/C19H18ClF2NO3S/c20-15-5-3-7-17(22)14(15)12-19(24)23-9-8-18(27(25,26)11-10-23)13-4-1-2-6-16(13)21/h1-7,18H,8-12H2. The zero-order chi connectivity index (χ0) is 19.6. The maximum absolute atomic E-state index is 14.1. The molecule has 1 atom stereocenters. The normalized spacial score (nSPS) is 19.5. The molecule has 0 spiro atoms. The van der Waals surface area contributed by atoms with E-state index in [9.17, 15) is 22.0 Å². The van der Waals surface area contributed by atoms with Gasteiger partial charge < -0.3 is 4.90 Å². The molecule has 1 heterocycles. The lowest BCUT2D eigenvalue weighted by molar-refractivity contribution is -0.130. The van der Waals surface area contributed by atoms with Crippen molar-refractivity contribution in [2.24, 2.45) is 0 Å². The third-order valence-corrected chi connectivity index (χ3v) is 7.20. The summed E-state index contributed by atoms with van der Waals surface area (Å²) >= 11 is 5.96. The highest BCUT2D eigenvalue weighted by Crippen LogP contribution is 2.31. The van der Waals surface area contributed by atoms with Crippen molar-refractivity contribution in [2.75, 3.05) is 18.8 Å². The highest BCUT2D eigenvalue weighted by atomic mass is 35.5. The molecule has 1 saturated heterocycles. The quantitative estimate of drug-likeness (QED) is 0.773. The third-order valence-electron chi connectivity index (χ3n) is 4.73. The van der Waals surface area contributed by atoms with E-state index in [4.69, 9.17) is 11.6 Å². The number of hydrogen-bond acceptors (Lipinski definition) is 3. The van der Waals surface area contributed by atoms with E-state index in [1.165, 1.54) is 41.3 Å². The maximum atomic E-state index is 14.1. The van der Waals surface area contributed by atoms with Crippen molar-refractivity contribution in [3.63, 3.8) is 0 Å². The van der Waals surface area contributed by atoms with Crippen LogP contribution in [0.25, 0.3) is 0 Å². The Morgan fingerprint density at radius 3 is 2.48 bits per heavy atom. The Hall–Kier alpha value is -1.99. The van der Waals surface area contributed by atoms with E-state index in [1.807, 2.05) is 0 Å². The van der Waals surface area contributed by atoms with Gasteiger partial charge in [-0.1, -0.05) is 35.9 Å².